The number of rotatable bonds is 9. The summed E-state index contributed by atoms with van der Waals surface area (Å²) < 4.78 is 30.0. The topological polar surface area (TPSA) is 104 Å². The summed E-state index contributed by atoms with van der Waals surface area (Å²) in [7, 11) is 1.37. The minimum absolute atomic E-state index is 0.0941. The number of esters is 2. The predicted octanol–water partition coefficient (Wildman–Crippen LogP) is 4.88. The lowest BCUT2D eigenvalue weighted by atomic mass is 9.73. The Hall–Kier alpha value is -3.49. The molecule has 8 nitrogen and oxygen atoms in total. The molecule has 0 bridgehead atoms. The van der Waals surface area contributed by atoms with Gasteiger partial charge in [0, 0.05) is 25.1 Å². The number of nitrogens with one attached hydrogen (secondary N) is 1. The molecule has 1 fully saturated rings. The van der Waals surface area contributed by atoms with Crippen molar-refractivity contribution in [3.05, 3.63) is 53.1 Å². The van der Waals surface area contributed by atoms with E-state index in [-0.39, 0.29) is 28.9 Å². The molecule has 0 spiro atoms. The number of amides is 1. The molecule has 0 aliphatic heterocycles. The van der Waals surface area contributed by atoms with Crippen LogP contribution in [-0.4, -0.2) is 42.1 Å². The van der Waals surface area contributed by atoms with Gasteiger partial charge < -0.3 is 19.5 Å². The Kier molecular flexibility index (Phi) is 9.60. The number of aryl methyl sites for hydroxylation is 1. The summed E-state index contributed by atoms with van der Waals surface area (Å²) in [6.45, 7) is 6.42. The zero-order valence-electron chi connectivity index (χ0n) is 22.0. The number of hydrogen-bond donors (Lipinski definition) is 1. The van der Waals surface area contributed by atoms with E-state index in [4.69, 9.17) is 14.2 Å². The molecule has 1 aliphatic carbocycles. The Balaban J connectivity index is 1.76. The van der Waals surface area contributed by atoms with Crippen LogP contribution in [0.2, 0.25) is 0 Å². The Morgan fingerprint density at radius 2 is 1.81 bits per heavy atom. The van der Waals surface area contributed by atoms with Crippen molar-refractivity contribution < 1.29 is 33.0 Å². The van der Waals surface area contributed by atoms with Crippen molar-refractivity contribution in [1.29, 1.82) is 0 Å². The predicted molar refractivity (Wildman–Crippen MR) is 135 cm³/mol. The van der Waals surface area contributed by atoms with E-state index in [2.05, 4.69) is 10.3 Å². The first-order valence-electron chi connectivity index (χ1n) is 12.6. The zero-order chi connectivity index (χ0) is 27.1. The van der Waals surface area contributed by atoms with Crippen molar-refractivity contribution in [2.45, 2.75) is 77.9 Å². The lowest BCUT2D eigenvalue weighted by Gasteiger charge is -2.35. The second-order valence-electron chi connectivity index (χ2n) is 9.55. The Bertz CT molecular complexity index is 1130. The van der Waals surface area contributed by atoms with E-state index in [0.29, 0.717) is 5.92 Å². The first-order chi connectivity index (χ1) is 17.6. The normalized spacial score (nSPS) is 16.3. The van der Waals surface area contributed by atoms with Crippen LogP contribution in [-0.2, 0) is 14.3 Å². The molecule has 9 heteroatoms. The van der Waals surface area contributed by atoms with Gasteiger partial charge in [-0.3, -0.25) is 9.59 Å². The van der Waals surface area contributed by atoms with Gasteiger partial charge in [0.25, 0.3) is 5.91 Å². The van der Waals surface area contributed by atoms with E-state index < -0.39 is 30.0 Å². The van der Waals surface area contributed by atoms with Crippen LogP contribution in [0.25, 0.3) is 0 Å². The zero-order valence-corrected chi connectivity index (χ0v) is 22.0. The second-order valence-corrected chi connectivity index (χ2v) is 9.55. The number of pyridine rings is 1. The number of ether oxygens (including phenoxy) is 3. The van der Waals surface area contributed by atoms with E-state index in [1.165, 1.54) is 51.8 Å². The van der Waals surface area contributed by atoms with Crippen molar-refractivity contribution in [2.75, 3.05) is 7.11 Å². The first kappa shape index (κ1) is 28.1. The number of nitrogens with zero attached hydrogens (tertiary/aromatic N) is 1. The van der Waals surface area contributed by atoms with Gasteiger partial charge in [0.15, 0.2) is 11.4 Å². The van der Waals surface area contributed by atoms with Crippen molar-refractivity contribution in [3.63, 3.8) is 0 Å². The summed E-state index contributed by atoms with van der Waals surface area (Å²) in [6.07, 6.45) is 6.25. The van der Waals surface area contributed by atoms with E-state index in [1.54, 1.807) is 6.07 Å². The Morgan fingerprint density at radius 1 is 1.11 bits per heavy atom. The standard InChI is InChI=1S/C28H35FN2O6/c1-16-15-21(29)11-12-22(16)24(20-9-7-6-8-10-20)18(3)36-28(34)17(2)31-27(33)25-26(37-19(4)32)23(35-5)13-14-30-25/h11-15,17-18,20,24H,6-10H2,1-5H3,(H,31,33)/t17-,18-,24-/m0/s1. The maximum Gasteiger partial charge on any atom is 0.328 e. The molecule has 1 amide bonds. The molecule has 37 heavy (non-hydrogen) atoms. The third kappa shape index (κ3) is 7.05. The fourth-order valence-corrected chi connectivity index (χ4v) is 5.07. The van der Waals surface area contributed by atoms with Gasteiger partial charge in [0.2, 0.25) is 5.75 Å². The molecule has 2 aromatic rings. The van der Waals surface area contributed by atoms with Gasteiger partial charge in [-0.25, -0.2) is 14.2 Å². The van der Waals surface area contributed by atoms with Crippen LogP contribution in [0.15, 0.2) is 30.5 Å². The van der Waals surface area contributed by atoms with Crippen molar-refractivity contribution in [2.24, 2.45) is 5.92 Å². The molecule has 1 N–H and O–H groups in total. The highest BCUT2D eigenvalue weighted by molar-refractivity contribution is 5.98. The number of hydrogen-bond acceptors (Lipinski definition) is 7. The van der Waals surface area contributed by atoms with E-state index in [0.717, 1.165) is 36.8 Å². The van der Waals surface area contributed by atoms with Crippen LogP contribution < -0.4 is 14.8 Å². The van der Waals surface area contributed by atoms with Gasteiger partial charge in [0.1, 0.15) is 18.0 Å². The third-order valence-electron chi connectivity index (χ3n) is 6.81. The minimum atomic E-state index is -1.01. The van der Waals surface area contributed by atoms with Gasteiger partial charge >= 0.3 is 11.9 Å². The van der Waals surface area contributed by atoms with Crippen LogP contribution in [0.4, 0.5) is 4.39 Å². The quantitative estimate of drug-likeness (QED) is 0.476. The van der Waals surface area contributed by atoms with Crippen molar-refractivity contribution in [1.82, 2.24) is 10.3 Å². The number of carbonyl (C=O) groups is 3. The average molecular weight is 515 g/mol. The summed E-state index contributed by atoms with van der Waals surface area (Å²) in [4.78, 5) is 41.5. The molecule has 0 saturated heterocycles. The number of halogens is 1. The van der Waals surface area contributed by atoms with Crippen LogP contribution in [0, 0.1) is 18.7 Å². The summed E-state index contributed by atoms with van der Waals surface area (Å²) in [6, 6.07) is 5.18. The summed E-state index contributed by atoms with van der Waals surface area (Å²) >= 11 is 0. The lowest BCUT2D eigenvalue weighted by molar-refractivity contribution is -0.152. The van der Waals surface area contributed by atoms with Crippen LogP contribution in [0.1, 0.15) is 80.4 Å². The molecule has 1 saturated carbocycles. The smallest absolute Gasteiger partial charge is 0.328 e. The van der Waals surface area contributed by atoms with Crippen LogP contribution in [0.3, 0.4) is 0 Å². The molecule has 3 rings (SSSR count). The van der Waals surface area contributed by atoms with E-state index in [9.17, 15) is 18.8 Å². The van der Waals surface area contributed by atoms with Crippen molar-refractivity contribution in [3.8, 4) is 11.5 Å². The lowest BCUT2D eigenvalue weighted by Crippen LogP contribution is -2.42. The fourth-order valence-electron chi connectivity index (χ4n) is 5.07. The number of methoxy groups -OCH3 is 1. The largest absolute Gasteiger partial charge is 0.493 e. The van der Waals surface area contributed by atoms with Gasteiger partial charge in [-0.15, -0.1) is 0 Å². The molecule has 1 aromatic heterocycles. The molecular formula is C28H35FN2O6. The van der Waals surface area contributed by atoms with Gasteiger partial charge in [0.05, 0.1) is 7.11 Å². The van der Waals surface area contributed by atoms with Gasteiger partial charge in [-0.2, -0.15) is 0 Å². The molecule has 0 unspecified atom stereocenters. The molecule has 1 aromatic carbocycles. The monoisotopic (exact) mass is 514 g/mol. The number of aromatic nitrogens is 1. The maximum absolute atomic E-state index is 13.8. The number of benzene rings is 1. The van der Waals surface area contributed by atoms with Gasteiger partial charge in [-0.05, 0) is 62.8 Å². The molecule has 1 heterocycles. The highest BCUT2D eigenvalue weighted by atomic mass is 19.1. The van der Waals surface area contributed by atoms with Crippen LogP contribution in [0.5, 0.6) is 11.5 Å². The Labute approximate surface area is 216 Å². The molecule has 3 atom stereocenters. The third-order valence-corrected chi connectivity index (χ3v) is 6.81. The average Bonchev–Trinajstić information content (AvgIpc) is 2.85. The van der Waals surface area contributed by atoms with Crippen LogP contribution >= 0.6 is 0 Å². The number of carbonyl (C=O) groups excluding carboxylic acids is 3. The van der Waals surface area contributed by atoms with Gasteiger partial charge in [-0.1, -0.05) is 25.3 Å². The SMILES string of the molecule is COc1ccnc(C(=O)N[C@@H](C)C(=O)O[C@@H](C)[C@H](c2ccc(F)cc2C)C2CCCCC2)c1OC(C)=O. The van der Waals surface area contributed by atoms with E-state index >= 15 is 0 Å². The summed E-state index contributed by atoms with van der Waals surface area (Å²) in [5.41, 5.74) is 1.60. The molecule has 0 radical (unpaired) electrons. The highest BCUT2D eigenvalue weighted by Gasteiger charge is 2.34. The van der Waals surface area contributed by atoms with Crippen molar-refractivity contribution >= 4 is 17.8 Å². The summed E-state index contributed by atoms with van der Waals surface area (Å²) in [5.74, 6) is -2.04. The first-order valence-corrected chi connectivity index (χ1v) is 12.6. The second kappa shape index (κ2) is 12.7. The van der Waals surface area contributed by atoms with E-state index in [1.807, 2.05) is 13.8 Å². The molecule has 200 valence electrons. The minimum Gasteiger partial charge on any atom is -0.493 e. The molecular weight excluding hydrogens is 479 g/mol. The highest BCUT2D eigenvalue weighted by Crippen LogP contribution is 2.40. The Morgan fingerprint density at radius 3 is 2.43 bits per heavy atom. The maximum atomic E-state index is 13.8. The summed E-state index contributed by atoms with van der Waals surface area (Å²) in [5, 5.41) is 2.57. The molecule has 1 aliphatic rings. The fraction of sp³-hybridized carbons (Fsp3) is 0.500.